The van der Waals surface area contributed by atoms with Crippen LogP contribution in [0.25, 0.3) is 0 Å². The molecule has 0 aromatic heterocycles. The first-order chi connectivity index (χ1) is 8.56. The molecule has 0 atom stereocenters. The molecule has 1 aliphatic rings. The van der Waals surface area contributed by atoms with Gasteiger partial charge < -0.3 is 9.80 Å². The van der Waals surface area contributed by atoms with Crippen LogP contribution in [-0.4, -0.2) is 36.7 Å². The topological polar surface area (TPSA) is 6.48 Å². The smallest absolute Gasteiger partial charge is 0.362 e. The van der Waals surface area contributed by atoms with Crippen LogP contribution in [0.1, 0.15) is 45.4 Å². The molecule has 0 N–H and O–H groups in total. The van der Waals surface area contributed by atoms with Gasteiger partial charge in [0.1, 0.15) is 0 Å². The van der Waals surface area contributed by atoms with Crippen LogP contribution in [0.15, 0.2) is 12.4 Å². The fourth-order valence-electron chi connectivity index (χ4n) is 1.83. The van der Waals surface area contributed by atoms with E-state index < -0.39 is 6.68 Å². The van der Waals surface area contributed by atoms with Crippen molar-refractivity contribution in [3.63, 3.8) is 0 Å². The van der Waals surface area contributed by atoms with Crippen LogP contribution >= 0.6 is 0 Å². The highest BCUT2D eigenvalue weighted by molar-refractivity contribution is 4.88. The summed E-state index contributed by atoms with van der Waals surface area (Å²) in [6.07, 6.45) is 12.7. The van der Waals surface area contributed by atoms with Crippen molar-refractivity contribution in [2.45, 2.75) is 52.1 Å². The molecule has 1 aliphatic heterocycles. The molecule has 0 fully saturated rings. The molecule has 0 bridgehead atoms. The maximum Gasteiger partial charge on any atom is 0.379 e. The third-order valence-corrected chi connectivity index (χ3v) is 2.74. The van der Waals surface area contributed by atoms with Gasteiger partial charge in [-0.3, -0.25) is 0 Å². The van der Waals surface area contributed by atoms with Crippen molar-refractivity contribution in [3.05, 3.63) is 12.4 Å². The molecule has 2 nitrogen and oxygen atoms in total. The van der Waals surface area contributed by atoms with Gasteiger partial charge in [0.15, 0.2) is 0 Å². The average Bonchev–Trinajstić information content (AvgIpc) is 2.69. The maximum atomic E-state index is 9.67. The second kappa shape index (κ2) is 11.2. The Kier molecular flexibility index (Phi) is 10.7. The Balaban J connectivity index is 0.000000631. The van der Waals surface area contributed by atoms with Crippen molar-refractivity contribution in [2.24, 2.45) is 0 Å². The highest BCUT2D eigenvalue weighted by atomic mass is 19.4. The highest BCUT2D eigenvalue weighted by Crippen LogP contribution is 2.08. The first-order valence-electron chi connectivity index (χ1n) is 6.61. The summed E-state index contributed by atoms with van der Waals surface area (Å²) in [5.74, 6) is 0. The van der Waals surface area contributed by atoms with E-state index in [2.05, 4.69) is 36.2 Å². The van der Waals surface area contributed by atoms with Crippen molar-refractivity contribution in [1.29, 1.82) is 0 Å². The predicted octanol–water partition coefficient (Wildman–Crippen LogP) is 4.20. The molecule has 0 spiro atoms. The Morgan fingerprint density at radius 3 is 2.06 bits per heavy atom. The van der Waals surface area contributed by atoms with Gasteiger partial charge in [0, 0.05) is 26.0 Å². The van der Waals surface area contributed by atoms with Crippen LogP contribution < -0.4 is 0 Å². The summed E-state index contributed by atoms with van der Waals surface area (Å²) in [7, 11) is 2.12. The Morgan fingerprint density at radius 1 is 1.00 bits per heavy atom. The number of unbranched alkanes of at least 4 members (excludes halogenated alkanes) is 5. The molecule has 0 unspecified atom stereocenters. The third kappa shape index (κ3) is 11.6. The first-order valence-corrected chi connectivity index (χ1v) is 6.61. The lowest BCUT2D eigenvalue weighted by molar-refractivity contribution is 0.00819. The average molecular weight is 266 g/mol. The maximum absolute atomic E-state index is 9.67. The lowest BCUT2D eigenvalue weighted by Crippen LogP contribution is -2.23. The van der Waals surface area contributed by atoms with E-state index in [0.717, 1.165) is 6.67 Å². The molecule has 1 heterocycles. The minimum atomic E-state index is -3.67. The summed E-state index contributed by atoms with van der Waals surface area (Å²) in [5.41, 5.74) is 0. The molecule has 5 heteroatoms. The largest absolute Gasteiger partial charge is 0.379 e. The van der Waals surface area contributed by atoms with E-state index in [1.807, 2.05) is 0 Å². The predicted molar refractivity (Wildman–Crippen MR) is 69.0 cm³/mol. The summed E-state index contributed by atoms with van der Waals surface area (Å²) in [4.78, 5) is 4.61. The number of hydrogen-bond donors (Lipinski definition) is 0. The summed E-state index contributed by atoms with van der Waals surface area (Å²) in [6.45, 7) is 0.910. The quantitative estimate of drug-likeness (QED) is 0.637. The molecule has 0 radical (unpaired) electrons. The van der Waals surface area contributed by atoms with Crippen LogP contribution in [0.3, 0.4) is 0 Å². The van der Waals surface area contributed by atoms with Crippen LogP contribution in [0.5, 0.6) is 0 Å². The summed E-state index contributed by atoms with van der Waals surface area (Å²) in [5, 5.41) is 0. The van der Waals surface area contributed by atoms with Gasteiger partial charge in [-0.1, -0.05) is 39.0 Å². The Hall–Kier alpha value is -0.870. The van der Waals surface area contributed by atoms with Gasteiger partial charge in [0.25, 0.3) is 0 Å². The second-order valence-electron chi connectivity index (χ2n) is 4.52. The molecule has 0 aliphatic carbocycles. The molecule has 0 saturated heterocycles. The molecule has 0 aromatic rings. The van der Waals surface area contributed by atoms with E-state index in [-0.39, 0.29) is 0 Å². The zero-order valence-corrected chi connectivity index (χ0v) is 11.4. The fourth-order valence-corrected chi connectivity index (χ4v) is 1.83. The van der Waals surface area contributed by atoms with Gasteiger partial charge in [-0.25, -0.2) is 0 Å². The Morgan fingerprint density at radius 2 is 1.56 bits per heavy atom. The standard InChI is InChI=1S/C12H24N2.CHF3/c1-3-4-5-6-7-8-9-14-11-10-13(2)12-14;2-1(3)4/h10-11H,3-9,12H2,1-2H3;1H. The van der Waals surface area contributed by atoms with Crippen molar-refractivity contribution < 1.29 is 13.2 Å². The van der Waals surface area contributed by atoms with E-state index in [1.165, 1.54) is 45.1 Å². The molecule has 0 amide bonds. The van der Waals surface area contributed by atoms with Crippen molar-refractivity contribution >= 4 is 0 Å². The zero-order chi connectivity index (χ0) is 13.8. The Labute approximate surface area is 108 Å². The zero-order valence-electron chi connectivity index (χ0n) is 11.4. The monoisotopic (exact) mass is 266 g/mol. The van der Waals surface area contributed by atoms with E-state index in [9.17, 15) is 13.2 Å². The molecular weight excluding hydrogens is 241 g/mol. The molecule has 108 valence electrons. The number of alkyl halides is 3. The van der Waals surface area contributed by atoms with Gasteiger partial charge in [0.2, 0.25) is 0 Å². The molecule has 1 rings (SSSR count). The lowest BCUT2D eigenvalue weighted by atomic mass is 10.1. The van der Waals surface area contributed by atoms with E-state index in [1.54, 1.807) is 0 Å². The molecular formula is C13H25F3N2. The van der Waals surface area contributed by atoms with Crippen LogP contribution in [0.2, 0.25) is 0 Å². The minimum Gasteiger partial charge on any atom is -0.362 e. The molecule has 0 aromatic carbocycles. The van der Waals surface area contributed by atoms with Crippen LogP contribution in [-0.2, 0) is 0 Å². The second-order valence-corrected chi connectivity index (χ2v) is 4.52. The first kappa shape index (κ1) is 17.1. The summed E-state index contributed by atoms with van der Waals surface area (Å²) >= 11 is 0. The number of halogens is 3. The Bertz CT molecular complexity index is 208. The normalized spacial score (nSPS) is 14.1. The van der Waals surface area contributed by atoms with Crippen LogP contribution in [0, 0.1) is 0 Å². The van der Waals surface area contributed by atoms with E-state index in [0.29, 0.717) is 0 Å². The molecule has 18 heavy (non-hydrogen) atoms. The summed E-state index contributed by atoms with van der Waals surface area (Å²) < 4.78 is 29.0. The van der Waals surface area contributed by atoms with Crippen molar-refractivity contribution in [2.75, 3.05) is 20.3 Å². The van der Waals surface area contributed by atoms with Crippen molar-refractivity contribution in [3.8, 4) is 0 Å². The SMILES string of the molecule is CCCCCCCCN1C=CN(C)C1.FC(F)F. The van der Waals surface area contributed by atoms with E-state index in [4.69, 9.17) is 0 Å². The number of hydrogen-bond acceptors (Lipinski definition) is 2. The van der Waals surface area contributed by atoms with Crippen molar-refractivity contribution in [1.82, 2.24) is 9.80 Å². The van der Waals surface area contributed by atoms with E-state index >= 15 is 0 Å². The van der Waals surface area contributed by atoms with Gasteiger partial charge in [-0.05, 0) is 6.42 Å². The fraction of sp³-hybridized carbons (Fsp3) is 0.846. The summed E-state index contributed by atoms with van der Waals surface area (Å²) in [6, 6.07) is 0. The van der Waals surface area contributed by atoms with Gasteiger partial charge in [-0.2, -0.15) is 13.2 Å². The van der Waals surface area contributed by atoms with Gasteiger partial charge >= 0.3 is 6.68 Å². The minimum absolute atomic E-state index is 1.08. The lowest BCUT2D eigenvalue weighted by Gasteiger charge is -2.17. The van der Waals surface area contributed by atoms with Crippen LogP contribution in [0.4, 0.5) is 13.2 Å². The highest BCUT2D eigenvalue weighted by Gasteiger charge is 2.06. The third-order valence-electron chi connectivity index (χ3n) is 2.74. The van der Waals surface area contributed by atoms with Gasteiger partial charge in [0.05, 0.1) is 6.67 Å². The number of rotatable bonds is 7. The molecule has 0 saturated carbocycles. The van der Waals surface area contributed by atoms with Gasteiger partial charge in [-0.15, -0.1) is 0 Å². The number of nitrogens with zero attached hydrogens (tertiary/aromatic N) is 2.